The highest BCUT2D eigenvalue weighted by Crippen LogP contribution is 2.17. The van der Waals surface area contributed by atoms with Crippen LogP contribution in [0.15, 0.2) is 18.3 Å². The van der Waals surface area contributed by atoms with Crippen LogP contribution in [0.3, 0.4) is 0 Å². The fourth-order valence-electron chi connectivity index (χ4n) is 3.54. The number of nitrogens with zero attached hydrogens (tertiary/aromatic N) is 3. The third-order valence-corrected chi connectivity index (χ3v) is 5.29. The number of pyridine rings is 1. The van der Waals surface area contributed by atoms with E-state index in [1.807, 2.05) is 11.1 Å². The van der Waals surface area contributed by atoms with E-state index in [2.05, 4.69) is 39.6 Å². The number of aromatic nitrogens is 1. The molecule has 2 atom stereocenters. The number of carbonyl (C=O) groups excluding carboxylic acids is 1. The summed E-state index contributed by atoms with van der Waals surface area (Å²) in [4.78, 5) is 20.1. The predicted octanol–water partition coefficient (Wildman–Crippen LogP) is 0.838. The van der Waals surface area contributed by atoms with Crippen LogP contribution in [0, 0.1) is 5.92 Å². The van der Waals surface area contributed by atoms with Gasteiger partial charge in [-0.05, 0) is 50.0 Å². The first-order valence-electron chi connectivity index (χ1n) is 9.03. The van der Waals surface area contributed by atoms with Gasteiger partial charge in [0.1, 0.15) is 5.82 Å². The molecule has 0 aliphatic carbocycles. The van der Waals surface area contributed by atoms with Crippen molar-refractivity contribution < 1.29 is 4.79 Å². The molecule has 1 aromatic rings. The Kier molecular flexibility index (Phi) is 5.68. The van der Waals surface area contributed by atoms with Gasteiger partial charge in [-0.3, -0.25) is 4.79 Å². The first kappa shape index (κ1) is 17.2. The van der Waals surface area contributed by atoms with Gasteiger partial charge in [0, 0.05) is 51.9 Å². The second kappa shape index (κ2) is 7.94. The molecule has 2 fully saturated rings. The van der Waals surface area contributed by atoms with E-state index in [1.165, 1.54) is 12.0 Å². The van der Waals surface area contributed by atoms with Gasteiger partial charge in [0.2, 0.25) is 5.91 Å². The highest BCUT2D eigenvalue weighted by atomic mass is 16.2. The van der Waals surface area contributed by atoms with Crippen LogP contribution in [-0.4, -0.2) is 61.1 Å². The molecule has 24 heavy (non-hydrogen) atoms. The van der Waals surface area contributed by atoms with Crippen molar-refractivity contribution in [2.24, 2.45) is 5.92 Å². The molecule has 0 radical (unpaired) electrons. The van der Waals surface area contributed by atoms with Gasteiger partial charge >= 0.3 is 0 Å². The molecule has 2 unspecified atom stereocenters. The average molecular weight is 331 g/mol. The van der Waals surface area contributed by atoms with Crippen molar-refractivity contribution in [3.8, 4) is 0 Å². The van der Waals surface area contributed by atoms with Crippen LogP contribution in [-0.2, 0) is 11.3 Å². The van der Waals surface area contributed by atoms with Gasteiger partial charge in [-0.25, -0.2) is 4.98 Å². The molecule has 1 aromatic heterocycles. The maximum Gasteiger partial charge on any atom is 0.219 e. The summed E-state index contributed by atoms with van der Waals surface area (Å²) in [5.74, 6) is 1.91. The first-order chi connectivity index (χ1) is 11.6. The number of hydrogen-bond acceptors (Lipinski definition) is 5. The lowest BCUT2D eigenvalue weighted by molar-refractivity contribution is -0.129. The molecule has 0 aromatic carbocycles. The molecule has 3 rings (SSSR count). The van der Waals surface area contributed by atoms with E-state index in [9.17, 15) is 4.79 Å². The van der Waals surface area contributed by atoms with E-state index in [0.717, 1.165) is 57.5 Å². The number of amides is 1. The normalized spacial score (nSPS) is 22.7. The smallest absolute Gasteiger partial charge is 0.219 e. The lowest BCUT2D eigenvalue weighted by atomic mass is 10.0. The number of anilines is 1. The van der Waals surface area contributed by atoms with Crippen molar-refractivity contribution in [1.82, 2.24) is 20.5 Å². The summed E-state index contributed by atoms with van der Waals surface area (Å²) in [5, 5.41) is 7.08. The fraction of sp³-hybridized carbons (Fsp3) is 0.667. The van der Waals surface area contributed by atoms with E-state index < -0.39 is 0 Å². The van der Waals surface area contributed by atoms with Crippen LogP contribution in [0.4, 0.5) is 5.82 Å². The summed E-state index contributed by atoms with van der Waals surface area (Å²) in [6, 6.07) is 4.79. The number of nitrogens with one attached hydrogen (secondary N) is 2. The Morgan fingerprint density at radius 2 is 2.21 bits per heavy atom. The molecule has 0 bridgehead atoms. The Morgan fingerprint density at radius 3 is 2.88 bits per heavy atom. The van der Waals surface area contributed by atoms with Gasteiger partial charge in [-0.15, -0.1) is 0 Å². The lowest BCUT2D eigenvalue weighted by Gasteiger charge is -2.35. The second-order valence-electron chi connectivity index (χ2n) is 6.94. The molecule has 6 heteroatoms. The second-order valence-corrected chi connectivity index (χ2v) is 6.94. The standard InChI is InChI=1S/C18H29N5O/c1-14(17-4-5-19-13-17)21-12-16-3-6-20-18(11-16)23-9-7-22(8-10-23)15(2)24/h3,6,11,14,17,19,21H,4-5,7-10,12-13H2,1-2H3. The highest BCUT2D eigenvalue weighted by molar-refractivity contribution is 5.73. The minimum absolute atomic E-state index is 0.163. The molecule has 1 amide bonds. The van der Waals surface area contributed by atoms with Gasteiger partial charge < -0.3 is 20.4 Å². The summed E-state index contributed by atoms with van der Waals surface area (Å²) in [7, 11) is 0. The molecule has 3 heterocycles. The van der Waals surface area contributed by atoms with E-state index in [-0.39, 0.29) is 5.91 Å². The number of piperazine rings is 1. The molecular weight excluding hydrogens is 302 g/mol. The average Bonchev–Trinajstić information content (AvgIpc) is 3.15. The van der Waals surface area contributed by atoms with Crippen LogP contribution in [0.5, 0.6) is 0 Å². The van der Waals surface area contributed by atoms with Crippen molar-refractivity contribution in [3.63, 3.8) is 0 Å². The SMILES string of the molecule is CC(=O)N1CCN(c2cc(CNC(C)C3CCNC3)ccn2)CC1. The molecule has 2 aliphatic heterocycles. The van der Waals surface area contributed by atoms with E-state index >= 15 is 0 Å². The summed E-state index contributed by atoms with van der Waals surface area (Å²) in [5.41, 5.74) is 1.27. The van der Waals surface area contributed by atoms with Crippen molar-refractivity contribution in [3.05, 3.63) is 23.9 Å². The molecule has 2 aliphatic rings. The molecule has 6 nitrogen and oxygen atoms in total. The first-order valence-corrected chi connectivity index (χ1v) is 9.03. The zero-order chi connectivity index (χ0) is 16.9. The zero-order valence-electron chi connectivity index (χ0n) is 14.8. The summed E-state index contributed by atoms with van der Waals surface area (Å²) < 4.78 is 0. The number of carbonyl (C=O) groups is 1. The maximum atomic E-state index is 11.4. The Labute approximate surface area is 144 Å². The van der Waals surface area contributed by atoms with Crippen LogP contribution in [0.25, 0.3) is 0 Å². The van der Waals surface area contributed by atoms with Crippen molar-refractivity contribution in [1.29, 1.82) is 0 Å². The maximum absolute atomic E-state index is 11.4. The largest absolute Gasteiger partial charge is 0.353 e. The van der Waals surface area contributed by atoms with Crippen molar-refractivity contribution >= 4 is 11.7 Å². The Bertz CT molecular complexity index is 550. The van der Waals surface area contributed by atoms with Gasteiger partial charge in [-0.1, -0.05) is 0 Å². The third kappa shape index (κ3) is 4.24. The van der Waals surface area contributed by atoms with Crippen LogP contribution < -0.4 is 15.5 Å². The van der Waals surface area contributed by atoms with Crippen LogP contribution in [0.2, 0.25) is 0 Å². The molecule has 2 N–H and O–H groups in total. The number of rotatable bonds is 5. The minimum Gasteiger partial charge on any atom is -0.353 e. The van der Waals surface area contributed by atoms with E-state index in [0.29, 0.717) is 6.04 Å². The van der Waals surface area contributed by atoms with Crippen LogP contribution in [0.1, 0.15) is 25.8 Å². The van der Waals surface area contributed by atoms with Crippen LogP contribution >= 0.6 is 0 Å². The van der Waals surface area contributed by atoms with Gasteiger partial charge in [0.05, 0.1) is 0 Å². The Morgan fingerprint density at radius 1 is 1.42 bits per heavy atom. The lowest BCUT2D eigenvalue weighted by Crippen LogP contribution is -2.48. The fourth-order valence-corrected chi connectivity index (χ4v) is 3.54. The third-order valence-electron chi connectivity index (χ3n) is 5.29. The number of hydrogen-bond donors (Lipinski definition) is 2. The summed E-state index contributed by atoms with van der Waals surface area (Å²) in [6.07, 6.45) is 3.15. The molecular formula is C18H29N5O. The van der Waals surface area contributed by atoms with Gasteiger partial charge in [0.15, 0.2) is 0 Å². The Balaban J connectivity index is 1.53. The van der Waals surface area contributed by atoms with Gasteiger partial charge in [0.25, 0.3) is 0 Å². The summed E-state index contributed by atoms with van der Waals surface area (Å²) in [6.45, 7) is 10.3. The monoisotopic (exact) mass is 331 g/mol. The van der Waals surface area contributed by atoms with Crippen molar-refractivity contribution in [2.45, 2.75) is 32.9 Å². The Hall–Kier alpha value is -1.66. The van der Waals surface area contributed by atoms with E-state index in [1.54, 1.807) is 6.92 Å². The molecule has 0 saturated carbocycles. The minimum atomic E-state index is 0.163. The predicted molar refractivity (Wildman–Crippen MR) is 96.0 cm³/mol. The zero-order valence-corrected chi connectivity index (χ0v) is 14.8. The molecule has 132 valence electrons. The van der Waals surface area contributed by atoms with Gasteiger partial charge in [-0.2, -0.15) is 0 Å². The molecule has 0 spiro atoms. The quantitative estimate of drug-likeness (QED) is 0.837. The molecule has 2 saturated heterocycles. The summed E-state index contributed by atoms with van der Waals surface area (Å²) >= 11 is 0. The van der Waals surface area contributed by atoms with Crippen molar-refractivity contribution in [2.75, 3.05) is 44.2 Å². The topological polar surface area (TPSA) is 60.5 Å². The van der Waals surface area contributed by atoms with E-state index in [4.69, 9.17) is 0 Å². The highest BCUT2D eigenvalue weighted by Gasteiger charge is 2.21.